The maximum Gasteiger partial charge on any atom is 0.251 e. The first-order chi connectivity index (χ1) is 9.61. The molecule has 104 valence electrons. The van der Waals surface area contributed by atoms with Crippen LogP contribution in [0.4, 0.5) is 5.95 Å². The second kappa shape index (κ2) is 5.16. The minimum absolute atomic E-state index is 0.00509. The SMILES string of the molecule is Nc1ncc2ccc(C(=O)NC3CCS(=O)C3)cc2n1. The Balaban J connectivity index is 1.82. The molecule has 1 amide bonds. The summed E-state index contributed by atoms with van der Waals surface area (Å²) < 4.78 is 11.3. The first kappa shape index (κ1) is 13.0. The van der Waals surface area contributed by atoms with E-state index in [9.17, 15) is 9.00 Å². The van der Waals surface area contributed by atoms with Crippen molar-refractivity contribution in [1.29, 1.82) is 0 Å². The standard InChI is InChI=1S/C13H14N4O2S/c14-13-15-6-9-2-1-8(5-11(9)17-13)12(18)16-10-3-4-20(19)7-10/h1-2,5-6,10H,3-4,7H2,(H,16,18)(H2,14,15,17). The first-order valence-electron chi connectivity index (χ1n) is 6.30. The smallest absolute Gasteiger partial charge is 0.251 e. The lowest BCUT2D eigenvalue weighted by atomic mass is 10.1. The molecule has 6 nitrogen and oxygen atoms in total. The molecule has 0 aliphatic carbocycles. The number of hydrogen-bond acceptors (Lipinski definition) is 5. The van der Waals surface area contributed by atoms with Crippen LogP contribution in [-0.4, -0.2) is 37.6 Å². The number of fused-ring (bicyclic) bond motifs is 1. The number of anilines is 1. The molecule has 1 aliphatic heterocycles. The summed E-state index contributed by atoms with van der Waals surface area (Å²) in [4.78, 5) is 20.2. The maximum absolute atomic E-state index is 12.2. The lowest BCUT2D eigenvalue weighted by Crippen LogP contribution is -2.35. The topological polar surface area (TPSA) is 98.0 Å². The second-order valence-corrected chi connectivity index (χ2v) is 6.39. The number of carbonyl (C=O) groups is 1. The molecule has 0 bridgehead atoms. The van der Waals surface area contributed by atoms with E-state index >= 15 is 0 Å². The van der Waals surface area contributed by atoms with Gasteiger partial charge in [0.15, 0.2) is 0 Å². The van der Waals surface area contributed by atoms with Gasteiger partial charge in [-0.05, 0) is 18.6 Å². The van der Waals surface area contributed by atoms with Gasteiger partial charge in [0, 0.05) is 45.5 Å². The molecule has 20 heavy (non-hydrogen) atoms. The highest BCUT2D eigenvalue weighted by Gasteiger charge is 2.23. The molecule has 2 atom stereocenters. The molecule has 0 saturated carbocycles. The van der Waals surface area contributed by atoms with E-state index < -0.39 is 10.8 Å². The van der Waals surface area contributed by atoms with Gasteiger partial charge in [-0.3, -0.25) is 9.00 Å². The van der Waals surface area contributed by atoms with Crippen molar-refractivity contribution in [1.82, 2.24) is 15.3 Å². The van der Waals surface area contributed by atoms with Crippen LogP contribution in [0.25, 0.3) is 10.9 Å². The number of hydrogen-bond donors (Lipinski definition) is 2. The van der Waals surface area contributed by atoms with Crippen LogP contribution >= 0.6 is 0 Å². The van der Waals surface area contributed by atoms with Crippen molar-refractivity contribution in [3.05, 3.63) is 30.0 Å². The molecule has 3 rings (SSSR count). The van der Waals surface area contributed by atoms with Gasteiger partial charge in [0.05, 0.1) is 5.52 Å². The quantitative estimate of drug-likeness (QED) is 0.837. The molecule has 0 spiro atoms. The van der Waals surface area contributed by atoms with Crippen LogP contribution in [0.3, 0.4) is 0 Å². The van der Waals surface area contributed by atoms with Gasteiger partial charge in [-0.25, -0.2) is 9.97 Å². The third-order valence-corrected chi connectivity index (χ3v) is 4.75. The molecule has 1 aliphatic rings. The number of aromatic nitrogens is 2. The molecule has 1 aromatic heterocycles. The summed E-state index contributed by atoms with van der Waals surface area (Å²) in [6, 6.07) is 5.20. The third-order valence-electron chi connectivity index (χ3n) is 3.28. The Morgan fingerprint density at radius 2 is 2.30 bits per heavy atom. The van der Waals surface area contributed by atoms with Gasteiger partial charge in [-0.2, -0.15) is 0 Å². The van der Waals surface area contributed by atoms with E-state index in [1.54, 1.807) is 24.4 Å². The van der Waals surface area contributed by atoms with E-state index in [4.69, 9.17) is 5.73 Å². The highest BCUT2D eigenvalue weighted by atomic mass is 32.2. The number of nitrogens with one attached hydrogen (secondary N) is 1. The number of nitrogen functional groups attached to an aromatic ring is 1. The van der Waals surface area contributed by atoms with Gasteiger partial charge in [0.1, 0.15) is 0 Å². The van der Waals surface area contributed by atoms with Crippen molar-refractivity contribution in [2.75, 3.05) is 17.2 Å². The zero-order chi connectivity index (χ0) is 14.1. The molecule has 2 heterocycles. The molecule has 1 aromatic carbocycles. The minimum atomic E-state index is -0.803. The fourth-order valence-electron chi connectivity index (χ4n) is 2.23. The van der Waals surface area contributed by atoms with E-state index in [1.165, 1.54) is 0 Å². The zero-order valence-electron chi connectivity index (χ0n) is 10.7. The molecule has 0 radical (unpaired) electrons. The van der Waals surface area contributed by atoms with Crippen LogP contribution in [0, 0.1) is 0 Å². The van der Waals surface area contributed by atoms with Crippen molar-refractivity contribution in [3.63, 3.8) is 0 Å². The summed E-state index contributed by atoms with van der Waals surface area (Å²) in [6.07, 6.45) is 2.39. The van der Waals surface area contributed by atoms with Crippen LogP contribution in [-0.2, 0) is 10.8 Å². The van der Waals surface area contributed by atoms with Crippen molar-refractivity contribution in [3.8, 4) is 0 Å². The van der Waals surface area contributed by atoms with Crippen LogP contribution in [0.1, 0.15) is 16.8 Å². The van der Waals surface area contributed by atoms with E-state index in [1.807, 2.05) is 0 Å². The zero-order valence-corrected chi connectivity index (χ0v) is 11.5. The van der Waals surface area contributed by atoms with Crippen LogP contribution < -0.4 is 11.1 Å². The summed E-state index contributed by atoms with van der Waals surface area (Å²) in [6.45, 7) is 0. The number of amides is 1. The van der Waals surface area contributed by atoms with Crippen molar-refractivity contribution in [2.45, 2.75) is 12.5 Å². The van der Waals surface area contributed by atoms with Crippen molar-refractivity contribution in [2.24, 2.45) is 0 Å². The van der Waals surface area contributed by atoms with Gasteiger partial charge in [0.2, 0.25) is 5.95 Å². The summed E-state index contributed by atoms with van der Waals surface area (Å²) in [5.74, 6) is 1.20. The fraction of sp³-hybridized carbons (Fsp3) is 0.308. The lowest BCUT2D eigenvalue weighted by Gasteiger charge is -2.11. The number of rotatable bonds is 2. The van der Waals surface area contributed by atoms with Crippen LogP contribution in [0.2, 0.25) is 0 Å². The molecular weight excluding hydrogens is 276 g/mol. The Morgan fingerprint density at radius 1 is 1.45 bits per heavy atom. The molecule has 2 aromatic rings. The Bertz CT molecular complexity index is 704. The van der Waals surface area contributed by atoms with E-state index in [0.717, 1.165) is 11.8 Å². The largest absolute Gasteiger partial charge is 0.368 e. The van der Waals surface area contributed by atoms with Gasteiger partial charge in [0.25, 0.3) is 5.91 Å². The highest BCUT2D eigenvalue weighted by molar-refractivity contribution is 7.85. The normalized spacial score (nSPS) is 22.0. The predicted octanol–water partition coefficient (Wildman–Crippen LogP) is 0.463. The highest BCUT2D eigenvalue weighted by Crippen LogP contribution is 2.15. The predicted molar refractivity (Wildman–Crippen MR) is 77.7 cm³/mol. The molecule has 7 heteroatoms. The summed E-state index contributed by atoms with van der Waals surface area (Å²) >= 11 is 0. The average Bonchev–Trinajstić information content (AvgIpc) is 2.83. The number of nitrogens with zero attached hydrogens (tertiary/aromatic N) is 2. The molecular formula is C13H14N4O2S. The average molecular weight is 290 g/mol. The summed E-state index contributed by atoms with van der Waals surface area (Å²) in [7, 11) is -0.803. The Labute approximate surface area is 118 Å². The van der Waals surface area contributed by atoms with E-state index in [2.05, 4.69) is 15.3 Å². The Hall–Kier alpha value is -2.02. The van der Waals surface area contributed by atoms with Crippen molar-refractivity contribution < 1.29 is 9.00 Å². The molecule has 3 N–H and O–H groups in total. The van der Waals surface area contributed by atoms with Gasteiger partial charge < -0.3 is 11.1 Å². The number of carbonyl (C=O) groups excluding carboxylic acids is 1. The Kier molecular flexibility index (Phi) is 3.35. The fourth-order valence-corrected chi connectivity index (χ4v) is 3.64. The molecule has 2 unspecified atom stereocenters. The first-order valence-corrected chi connectivity index (χ1v) is 7.79. The second-order valence-electron chi connectivity index (χ2n) is 4.77. The van der Waals surface area contributed by atoms with Gasteiger partial charge >= 0.3 is 0 Å². The van der Waals surface area contributed by atoms with Gasteiger partial charge in [-0.1, -0.05) is 6.07 Å². The number of benzene rings is 1. The summed E-state index contributed by atoms with van der Waals surface area (Å²) in [5, 5.41) is 3.73. The molecule has 1 fully saturated rings. The summed E-state index contributed by atoms with van der Waals surface area (Å²) in [5.41, 5.74) is 6.70. The maximum atomic E-state index is 12.2. The minimum Gasteiger partial charge on any atom is -0.368 e. The Morgan fingerprint density at radius 3 is 3.05 bits per heavy atom. The van der Waals surface area contributed by atoms with Crippen LogP contribution in [0.5, 0.6) is 0 Å². The number of nitrogens with two attached hydrogens (primary N) is 1. The van der Waals surface area contributed by atoms with Crippen LogP contribution in [0.15, 0.2) is 24.4 Å². The molecule has 1 saturated heterocycles. The lowest BCUT2D eigenvalue weighted by molar-refractivity contribution is 0.0941. The van der Waals surface area contributed by atoms with E-state index in [-0.39, 0.29) is 17.9 Å². The van der Waals surface area contributed by atoms with Crippen molar-refractivity contribution >= 4 is 33.6 Å². The monoisotopic (exact) mass is 290 g/mol. The van der Waals surface area contributed by atoms with E-state index in [0.29, 0.717) is 22.6 Å². The van der Waals surface area contributed by atoms with Gasteiger partial charge in [-0.15, -0.1) is 0 Å². The third kappa shape index (κ3) is 2.62.